The highest BCUT2D eigenvalue weighted by atomic mass is 32.2. The van der Waals surface area contributed by atoms with Crippen LogP contribution in [0.3, 0.4) is 0 Å². The molecule has 0 bridgehead atoms. The molecule has 6 nitrogen and oxygen atoms in total. The molecule has 1 aromatic rings. The summed E-state index contributed by atoms with van der Waals surface area (Å²) in [6.07, 6.45) is 1.97. The van der Waals surface area contributed by atoms with Gasteiger partial charge < -0.3 is 10.6 Å². The Labute approximate surface area is 112 Å². The first-order valence-electron chi connectivity index (χ1n) is 6.07. The lowest BCUT2D eigenvalue weighted by molar-refractivity contribution is 0.0941. The zero-order valence-electron chi connectivity index (χ0n) is 10.9. The van der Waals surface area contributed by atoms with Crippen molar-refractivity contribution in [1.82, 2.24) is 10.3 Å². The Balaban J connectivity index is 2.12. The summed E-state index contributed by atoms with van der Waals surface area (Å²) in [4.78, 5) is 16.2. The van der Waals surface area contributed by atoms with Crippen LogP contribution in [0.1, 0.15) is 22.5 Å². The van der Waals surface area contributed by atoms with Crippen LogP contribution in [0.25, 0.3) is 0 Å². The molecule has 2 rings (SSSR count). The van der Waals surface area contributed by atoms with E-state index >= 15 is 0 Å². The van der Waals surface area contributed by atoms with Gasteiger partial charge in [-0.25, -0.2) is 8.42 Å². The predicted molar refractivity (Wildman–Crippen MR) is 73.0 cm³/mol. The van der Waals surface area contributed by atoms with E-state index in [-0.39, 0.29) is 23.5 Å². The normalized spacial score (nSPS) is 21.1. The molecule has 1 fully saturated rings. The molecular formula is C12H17N3O3S. The second kappa shape index (κ2) is 5.16. The molecule has 1 unspecified atom stereocenters. The van der Waals surface area contributed by atoms with E-state index in [0.717, 1.165) is 5.69 Å². The van der Waals surface area contributed by atoms with Crippen LogP contribution in [-0.2, 0) is 9.84 Å². The van der Waals surface area contributed by atoms with E-state index in [1.165, 1.54) is 6.20 Å². The molecule has 0 aliphatic carbocycles. The Kier molecular flexibility index (Phi) is 3.75. The molecule has 19 heavy (non-hydrogen) atoms. The number of carbonyl (C=O) groups excluding carboxylic acids is 1. The first-order chi connectivity index (χ1) is 8.91. The van der Waals surface area contributed by atoms with Gasteiger partial charge in [-0.2, -0.15) is 0 Å². The van der Waals surface area contributed by atoms with Crippen LogP contribution in [0.15, 0.2) is 12.3 Å². The number of aryl methyl sites for hydroxylation is 1. The van der Waals surface area contributed by atoms with Gasteiger partial charge in [-0.1, -0.05) is 0 Å². The van der Waals surface area contributed by atoms with Gasteiger partial charge in [0, 0.05) is 25.0 Å². The summed E-state index contributed by atoms with van der Waals surface area (Å²) in [6.45, 7) is 1.84. The molecule has 1 aromatic heterocycles. The van der Waals surface area contributed by atoms with Crippen LogP contribution in [0, 0.1) is 6.92 Å². The smallest absolute Gasteiger partial charge is 0.255 e. The van der Waals surface area contributed by atoms with Crippen molar-refractivity contribution in [3.8, 4) is 0 Å². The lowest BCUT2D eigenvalue weighted by Crippen LogP contribution is -2.36. The maximum atomic E-state index is 12.1. The number of sulfone groups is 1. The van der Waals surface area contributed by atoms with E-state index in [0.29, 0.717) is 17.7 Å². The number of amides is 1. The third kappa shape index (κ3) is 3.23. The topological polar surface area (TPSA) is 88.2 Å². The van der Waals surface area contributed by atoms with Crippen LogP contribution in [0.4, 0.5) is 5.69 Å². The summed E-state index contributed by atoms with van der Waals surface area (Å²) in [6, 6.07) is 1.48. The van der Waals surface area contributed by atoms with E-state index < -0.39 is 9.84 Å². The molecule has 2 heterocycles. The van der Waals surface area contributed by atoms with Crippen molar-refractivity contribution < 1.29 is 13.2 Å². The summed E-state index contributed by atoms with van der Waals surface area (Å²) in [7, 11) is -1.26. The van der Waals surface area contributed by atoms with E-state index in [1.54, 1.807) is 13.1 Å². The highest BCUT2D eigenvalue weighted by molar-refractivity contribution is 7.91. The fraction of sp³-hybridized carbons (Fsp3) is 0.500. The number of hydrogen-bond acceptors (Lipinski definition) is 5. The molecule has 0 spiro atoms. The summed E-state index contributed by atoms with van der Waals surface area (Å²) in [5.74, 6) is -0.130. The Morgan fingerprint density at radius 3 is 2.79 bits per heavy atom. The van der Waals surface area contributed by atoms with Gasteiger partial charge in [0.1, 0.15) is 0 Å². The number of nitrogens with zero attached hydrogens (tertiary/aromatic N) is 1. The third-order valence-electron chi connectivity index (χ3n) is 3.12. The molecule has 1 aliphatic rings. The molecule has 1 aliphatic heterocycles. The minimum Gasteiger partial charge on any atom is -0.387 e. The molecule has 1 atom stereocenters. The standard InChI is InChI=1S/C12H17N3O3S/c1-8-5-11(13-2)10(6-14-8)12(16)15-9-3-4-19(17,18)7-9/h5-6,9H,3-4,7H2,1-2H3,(H,13,14)(H,15,16). The van der Waals surface area contributed by atoms with E-state index in [4.69, 9.17) is 0 Å². The lowest BCUT2D eigenvalue weighted by atomic mass is 10.1. The van der Waals surface area contributed by atoms with Crippen molar-refractivity contribution in [2.75, 3.05) is 23.9 Å². The van der Waals surface area contributed by atoms with Crippen molar-refractivity contribution in [1.29, 1.82) is 0 Å². The van der Waals surface area contributed by atoms with Crippen LogP contribution in [0.2, 0.25) is 0 Å². The molecule has 7 heteroatoms. The van der Waals surface area contributed by atoms with Gasteiger partial charge in [0.2, 0.25) is 0 Å². The van der Waals surface area contributed by atoms with Crippen LogP contribution in [0.5, 0.6) is 0 Å². The average molecular weight is 283 g/mol. The zero-order valence-corrected chi connectivity index (χ0v) is 11.8. The van der Waals surface area contributed by atoms with Gasteiger partial charge in [0.05, 0.1) is 22.8 Å². The van der Waals surface area contributed by atoms with Crippen molar-refractivity contribution >= 4 is 21.4 Å². The number of anilines is 1. The van der Waals surface area contributed by atoms with Gasteiger partial charge in [0.15, 0.2) is 9.84 Å². The highest BCUT2D eigenvalue weighted by Gasteiger charge is 2.29. The van der Waals surface area contributed by atoms with Gasteiger partial charge in [0.25, 0.3) is 5.91 Å². The van der Waals surface area contributed by atoms with Gasteiger partial charge >= 0.3 is 0 Å². The predicted octanol–water partition coefficient (Wildman–Crippen LogP) is 0.349. The first kappa shape index (κ1) is 13.8. The Morgan fingerprint density at radius 1 is 1.47 bits per heavy atom. The molecule has 0 aromatic carbocycles. The lowest BCUT2D eigenvalue weighted by Gasteiger charge is -2.13. The molecule has 1 saturated heterocycles. The van der Waals surface area contributed by atoms with E-state index in [2.05, 4.69) is 15.6 Å². The maximum Gasteiger partial charge on any atom is 0.255 e. The number of nitrogens with one attached hydrogen (secondary N) is 2. The SMILES string of the molecule is CNc1cc(C)ncc1C(=O)NC1CCS(=O)(=O)C1. The van der Waals surface area contributed by atoms with E-state index in [9.17, 15) is 13.2 Å². The number of carbonyl (C=O) groups is 1. The summed E-state index contributed by atoms with van der Waals surface area (Å²) >= 11 is 0. The number of pyridine rings is 1. The largest absolute Gasteiger partial charge is 0.387 e. The Morgan fingerprint density at radius 2 is 2.21 bits per heavy atom. The average Bonchev–Trinajstić information content (AvgIpc) is 2.68. The quantitative estimate of drug-likeness (QED) is 0.835. The monoisotopic (exact) mass is 283 g/mol. The van der Waals surface area contributed by atoms with Gasteiger partial charge in [-0.15, -0.1) is 0 Å². The van der Waals surface area contributed by atoms with Gasteiger partial charge in [-0.3, -0.25) is 9.78 Å². The highest BCUT2D eigenvalue weighted by Crippen LogP contribution is 2.17. The van der Waals surface area contributed by atoms with Crippen molar-refractivity contribution in [2.24, 2.45) is 0 Å². The maximum absolute atomic E-state index is 12.1. The minimum atomic E-state index is -2.99. The molecule has 2 N–H and O–H groups in total. The minimum absolute atomic E-state index is 0.0208. The zero-order chi connectivity index (χ0) is 14.0. The number of hydrogen-bond donors (Lipinski definition) is 2. The first-order valence-corrected chi connectivity index (χ1v) is 7.89. The van der Waals surface area contributed by atoms with Crippen LogP contribution in [-0.4, -0.2) is 43.9 Å². The Bertz CT molecular complexity index is 598. The molecule has 1 amide bonds. The van der Waals surface area contributed by atoms with Crippen molar-refractivity contribution in [3.05, 3.63) is 23.5 Å². The number of aromatic nitrogens is 1. The summed E-state index contributed by atoms with van der Waals surface area (Å²) in [5, 5.41) is 5.69. The number of rotatable bonds is 3. The van der Waals surface area contributed by atoms with E-state index in [1.807, 2.05) is 6.92 Å². The molecule has 0 radical (unpaired) electrons. The van der Waals surface area contributed by atoms with Crippen molar-refractivity contribution in [2.45, 2.75) is 19.4 Å². The Hall–Kier alpha value is -1.63. The van der Waals surface area contributed by atoms with Crippen LogP contribution < -0.4 is 10.6 Å². The van der Waals surface area contributed by atoms with Crippen LogP contribution >= 0.6 is 0 Å². The second-order valence-electron chi connectivity index (χ2n) is 4.69. The summed E-state index contributed by atoms with van der Waals surface area (Å²) < 4.78 is 22.7. The fourth-order valence-electron chi connectivity index (χ4n) is 2.12. The molecule has 0 saturated carbocycles. The van der Waals surface area contributed by atoms with Gasteiger partial charge in [-0.05, 0) is 19.4 Å². The molecule has 104 valence electrons. The second-order valence-corrected chi connectivity index (χ2v) is 6.92. The fourth-order valence-corrected chi connectivity index (χ4v) is 3.79. The summed E-state index contributed by atoms with van der Waals surface area (Å²) in [5.41, 5.74) is 1.92. The van der Waals surface area contributed by atoms with Crippen molar-refractivity contribution in [3.63, 3.8) is 0 Å². The third-order valence-corrected chi connectivity index (χ3v) is 4.89. The molecular weight excluding hydrogens is 266 g/mol.